The van der Waals surface area contributed by atoms with Gasteiger partial charge in [0.05, 0.1) is 6.54 Å². The van der Waals surface area contributed by atoms with Gasteiger partial charge in [-0.15, -0.1) is 12.4 Å². The SMILES string of the molecule is CC(C)c1noc(CN2CCCCC2C(C)N)n1.Cl. The van der Waals surface area contributed by atoms with Crippen molar-refractivity contribution in [3.63, 3.8) is 0 Å². The highest BCUT2D eigenvalue weighted by atomic mass is 35.5. The van der Waals surface area contributed by atoms with E-state index in [1.54, 1.807) is 0 Å². The van der Waals surface area contributed by atoms with E-state index in [0.717, 1.165) is 18.9 Å². The molecule has 0 aliphatic carbocycles. The van der Waals surface area contributed by atoms with Crippen molar-refractivity contribution in [3.05, 3.63) is 11.7 Å². The number of rotatable bonds is 4. The van der Waals surface area contributed by atoms with Crippen molar-refractivity contribution in [1.29, 1.82) is 0 Å². The van der Waals surface area contributed by atoms with Gasteiger partial charge in [0.15, 0.2) is 5.82 Å². The first kappa shape index (κ1) is 16.4. The molecule has 19 heavy (non-hydrogen) atoms. The molecule has 1 aromatic rings. The number of nitrogens with two attached hydrogens (primary N) is 1. The van der Waals surface area contributed by atoms with E-state index >= 15 is 0 Å². The fourth-order valence-electron chi connectivity index (χ4n) is 2.55. The molecule has 2 rings (SSSR count). The predicted molar refractivity (Wildman–Crippen MR) is 77.3 cm³/mol. The number of likely N-dealkylation sites (tertiary alicyclic amines) is 1. The number of piperidine rings is 1. The minimum Gasteiger partial charge on any atom is -0.338 e. The van der Waals surface area contributed by atoms with Crippen LogP contribution in [0, 0.1) is 0 Å². The standard InChI is InChI=1S/C13H24N4O.ClH/c1-9(2)13-15-12(18-16-13)8-17-7-5-4-6-11(17)10(3)14;/h9-11H,4-8,14H2,1-3H3;1H. The fourth-order valence-corrected chi connectivity index (χ4v) is 2.55. The third-order valence-corrected chi connectivity index (χ3v) is 3.61. The second-order valence-electron chi connectivity index (χ2n) is 5.59. The second-order valence-corrected chi connectivity index (χ2v) is 5.59. The molecule has 2 atom stereocenters. The van der Waals surface area contributed by atoms with E-state index in [4.69, 9.17) is 10.3 Å². The Kier molecular flexibility index (Phi) is 6.23. The van der Waals surface area contributed by atoms with E-state index in [1.165, 1.54) is 19.3 Å². The maximum atomic E-state index is 6.06. The van der Waals surface area contributed by atoms with Crippen LogP contribution in [0.3, 0.4) is 0 Å². The van der Waals surface area contributed by atoms with Crippen molar-refractivity contribution in [2.75, 3.05) is 6.54 Å². The number of halogens is 1. The third kappa shape index (κ3) is 4.16. The summed E-state index contributed by atoms with van der Waals surface area (Å²) in [5.41, 5.74) is 6.06. The molecule has 1 aliphatic rings. The van der Waals surface area contributed by atoms with Crippen molar-refractivity contribution in [1.82, 2.24) is 15.0 Å². The summed E-state index contributed by atoms with van der Waals surface area (Å²) in [5, 5.41) is 4.01. The van der Waals surface area contributed by atoms with Gasteiger partial charge in [-0.1, -0.05) is 25.4 Å². The van der Waals surface area contributed by atoms with E-state index in [-0.39, 0.29) is 18.4 Å². The van der Waals surface area contributed by atoms with Gasteiger partial charge >= 0.3 is 0 Å². The quantitative estimate of drug-likeness (QED) is 0.921. The Labute approximate surface area is 121 Å². The summed E-state index contributed by atoms with van der Waals surface area (Å²) in [6.07, 6.45) is 3.67. The highest BCUT2D eigenvalue weighted by Gasteiger charge is 2.26. The van der Waals surface area contributed by atoms with Crippen molar-refractivity contribution in [2.45, 2.75) is 64.6 Å². The summed E-state index contributed by atoms with van der Waals surface area (Å²) >= 11 is 0. The topological polar surface area (TPSA) is 68.2 Å². The van der Waals surface area contributed by atoms with E-state index in [0.29, 0.717) is 17.9 Å². The minimum absolute atomic E-state index is 0. The smallest absolute Gasteiger partial charge is 0.240 e. The van der Waals surface area contributed by atoms with Gasteiger partial charge in [-0.3, -0.25) is 4.90 Å². The molecular weight excluding hydrogens is 264 g/mol. The van der Waals surface area contributed by atoms with Crippen LogP contribution >= 0.6 is 12.4 Å². The van der Waals surface area contributed by atoms with E-state index in [2.05, 4.69) is 35.8 Å². The zero-order chi connectivity index (χ0) is 13.1. The summed E-state index contributed by atoms with van der Waals surface area (Å²) in [4.78, 5) is 6.82. The van der Waals surface area contributed by atoms with Gasteiger partial charge in [-0.2, -0.15) is 4.98 Å². The first-order chi connectivity index (χ1) is 8.58. The minimum atomic E-state index is 0. The predicted octanol–water partition coefficient (Wildman–Crippen LogP) is 2.32. The van der Waals surface area contributed by atoms with Crippen LogP contribution in [0.2, 0.25) is 0 Å². The Hall–Kier alpha value is -0.650. The Bertz CT molecular complexity index is 380. The van der Waals surface area contributed by atoms with Crippen molar-refractivity contribution >= 4 is 12.4 Å². The average molecular weight is 289 g/mol. The molecule has 110 valence electrons. The lowest BCUT2D eigenvalue weighted by Gasteiger charge is -2.37. The van der Waals surface area contributed by atoms with Gasteiger partial charge in [0.25, 0.3) is 0 Å². The lowest BCUT2D eigenvalue weighted by Crippen LogP contribution is -2.48. The second kappa shape index (κ2) is 7.22. The Morgan fingerprint density at radius 2 is 2.11 bits per heavy atom. The molecule has 0 bridgehead atoms. The Balaban J connectivity index is 0.00000180. The molecule has 0 radical (unpaired) electrons. The van der Waals surface area contributed by atoms with Crippen molar-refractivity contribution in [2.24, 2.45) is 5.73 Å². The molecule has 0 spiro atoms. The fraction of sp³-hybridized carbons (Fsp3) is 0.846. The maximum Gasteiger partial charge on any atom is 0.240 e. The van der Waals surface area contributed by atoms with Crippen LogP contribution < -0.4 is 5.73 Å². The van der Waals surface area contributed by atoms with E-state index in [1.807, 2.05) is 0 Å². The number of hydrogen-bond donors (Lipinski definition) is 1. The molecule has 1 fully saturated rings. The molecule has 0 saturated carbocycles. The van der Waals surface area contributed by atoms with Crippen molar-refractivity contribution < 1.29 is 4.52 Å². The van der Waals surface area contributed by atoms with Gasteiger partial charge in [0.1, 0.15) is 0 Å². The number of hydrogen-bond acceptors (Lipinski definition) is 5. The van der Waals surface area contributed by atoms with Crippen LogP contribution in [0.15, 0.2) is 4.52 Å². The third-order valence-electron chi connectivity index (χ3n) is 3.61. The average Bonchev–Trinajstić information content (AvgIpc) is 2.78. The molecule has 1 aliphatic heterocycles. The zero-order valence-corrected chi connectivity index (χ0v) is 12.8. The molecule has 6 heteroatoms. The summed E-state index contributed by atoms with van der Waals surface area (Å²) < 4.78 is 5.31. The summed E-state index contributed by atoms with van der Waals surface area (Å²) in [6, 6.07) is 0.631. The summed E-state index contributed by atoms with van der Waals surface area (Å²) in [7, 11) is 0. The lowest BCUT2D eigenvalue weighted by molar-refractivity contribution is 0.109. The van der Waals surface area contributed by atoms with Crippen molar-refractivity contribution in [3.8, 4) is 0 Å². The Morgan fingerprint density at radius 3 is 2.68 bits per heavy atom. The Morgan fingerprint density at radius 1 is 1.37 bits per heavy atom. The summed E-state index contributed by atoms with van der Waals surface area (Å²) in [5.74, 6) is 1.82. The van der Waals surface area contributed by atoms with Crippen LogP contribution in [0.5, 0.6) is 0 Å². The maximum absolute atomic E-state index is 6.06. The molecular formula is C13H25ClN4O. The van der Waals surface area contributed by atoms with Crippen LogP contribution in [-0.2, 0) is 6.54 Å². The normalized spacial score (nSPS) is 22.3. The molecule has 2 heterocycles. The molecule has 1 aromatic heterocycles. The highest BCUT2D eigenvalue weighted by Crippen LogP contribution is 2.21. The van der Waals surface area contributed by atoms with Gasteiger partial charge < -0.3 is 10.3 Å². The van der Waals surface area contributed by atoms with Crippen LogP contribution in [0.1, 0.15) is 57.7 Å². The molecule has 1 saturated heterocycles. The molecule has 2 unspecified atom stereocenters. The van der Waals surface area contributed by atoms with Crippen LogP contribution in [0.4, 0.5) is 0 Å². The van der Waals surface area contributed by atoms with Gasteiger partial charge in [-0.25, -0.2) is 0 Å². The first-order valence-electron chi connectivity index (χ1n) is 6.90. The monoisotopic (exact) mass is 288 g/mol. The van der Waals surface area contributed by atoms with Gasteiger partial charge in [0, 0.05) is 18.0 Å². The largest absolute Gasteiger partial charge is 0.338 e. The van der Waals surface area contributed by atoms with Crippen LogP contribution in [0.25, 0.3) is 0 Å². The van der Waals surface area contributed by atoms with E-state index in [9.17, 15) is 0 Å². The molecule has 2 N–H and O–H groups in total. The number of aromatic nitrogens is 2. The van der Waals surface area contributed by atoms with Gasteiger partial charge in [-0.05, 0) is 26.3 Å². The van der Waals surface area contributed by atoms with E-state index < -0.39 is 0 Å². The lowest BCUT2D eigenvalue weighted by atomic mass is 9.97. The molecule has 0 amide bonds. The van der Waals surface area contributed by atoms with Gasteiger partial charge in [0.2, 0.25) is 5.89 Å². The molecule has 0 aromatic carbocycles. The summed E-state index contributed by atoms with van der Waals surface area (Å²) in [6.45, 7) is 8.02. The first-order valence-corrected chi connectivity index (χ1v) is 6.90. The zero-order valence-electron chi connectivity index (χ0n) is 12.0. The highest BCUT2D eigenvalue weighted by molar-refractivity contribution is 5.85. The molecule has 5 nitrogen and oxygen atoms in total. The van der Waals surface area contributed by atoms with Crippen LogP contribution in [-0.4, -0.2) is 33.7 Å². The number of nitrogens with zero attached hydrogens (tertiary/aromatic N) is 3.